The van der Waals surface area contributed by atoms with Gasteiger partial charge < -0.3 is 20.0 Å². The molecule has 2 aliphatic rings. The van der Waals surface area contributed by atoms with Crippen LogP contribution in [0.25, 0.3) is 0 Å². The normalized spacial score (nSPS) is 26.6. The van der Waals surface area contributed by atoms with E-state index in [2.05, 4.69) is 5.32 Å². The molecule has 1 aliphatic heterocycles. The van der Waals surface area contributed by atoms with Crippen LogP contribution in [0.1, 0.15) is 34.6 Å². The van der Waals surface area contributed by atoms with Gasteiger partial charge in [-0.25, -0.2) is 0 Å². The van der Waals surface area contributed by atoms with Gasteiger partial charge in [-0.2, -0.15) is 0 Å². The fourth-order valence-electron chi connectivity index (χ4n) is 2.13. The molecule has 0 bridgehead atoms. The lowest BCUT2D eigenvalue weighted by Gasteiger charge is -2.32. The van der Waals surface area contributed by atoms with Gasteiger partial charge in [-0.05, 0) is 46.2 Å². The molecule has 1 aliphatic carbocycles. The molecular formula is C15H23BN2O2. The highest BCUT2D eigenvalue weighted by molar-refractivity contribution is 6.56. The summed E-state index contributed by atoms with van der Waals surface area (Å²) in [5.41, 5.74) is 2.59. The van der Waals surface area contributed by atoms with Crippen molar-refractivity contribution in [1.82, 2.24) is 5.32 Å². The predicted molar refractivity (Wildman–Crippen MR) is 82.8 cm³/mol. The second kappa shape index (κ2) is 4.90. The average Bonchev–Trinajstić information content (AvgIpc) is 2.58. The molecule has 0 atom stereocenters. The summed E-state index contributed by atoms with van der Waals surface area (Å²) in [6, 6.07) is 0. The zero-order valence-electron chi connectivity index (χ0n) is 13.1. The molecule has 5 heteroatoms. The Labute approximate surface area is 121 Å². The topological polar surface area (TPSA) is 54.3 Å². The zero-order valence-corrected chi connectivity index (χ0v) is 13.1. The molecule has 20 heavy (non-hydrogen) atoms. The van der Waals surface area contributed by atoms with Crippen molar-refractivity contribution in [3.8, 4) is 0 Å². The summed E-state index contributed by atoms with van der Waals surface area (Å²) in [4.78, 5) is 0. The molecule has 0 spiro atoms. The SMILES string of the molecule is CN/C(C)=C1/C=C(B2OC(C)(C)C(C)(C)O2)C=CC1=N. The minimum Gasteiger partial charge on any atom is -0.399 e. The van der Waals surface area contributed by atoms with E-state index in [-0.39, 0.29) is 18.3 Å². The van der Waals surface area contributed by atoms with Crippen LogP contribution in [0.2, 0.25) is 0 Å². The van der Waals surface area contributed by atoms with Crippen molar-refractivity contribution in [1.29, 1.82) is 5.41 Å². The summed E-state index contributed by atoms with van der Waals surface area (Å²) in [7, 11) is 1.47. The van der Waals surface area contributed by atoms with Crippen LogP contribution in [0.4, 0.5) is 0 Å². The molecule has 2 N–H and O–H groups in total. The first-order valence-electron chi connectivity index (χ1n) is 6.91. The molecule has 108 valence electrons. The van der Waals surface area contributed by atoms with Gasteiger partial charge in [-0.3, -0.25) is 0 Å². The van der Waals surface area contributed by atoms with E-state index in [0.29, 0.717) is 5.71 Å². The van der Waals surface area contributed by atoms with Crippen molar-refractivity contribution in [2.75, 3.05) is 7.05 Å². The van der Waals surface area contributed by atoms with Crippen molar-refractivity contribution >= 4 is 12.8 Å². The largest absolute Gasteiger partial charge is 0.494 e. The highest BCUT2D eigenvalue weighted by Crippen LogP contribution is 2.39. The van der Waals surface area contributed by atoms with Gasteiger partial charge in [0, 0.05) is 18.3 Å². The summed E-state index contributed by atoms with van der Waals surface area (Å²) >= 11 is 0. The van der Waals surface area contributed by atoms with Crippen molar-refractivity contribution in [3.63, 3.8) is 0 Å². The number of hydrogen-bond acceptors (Lipinski definition) is 4. The Balaban J connectivity index is 2.32. The van der Waals surface area contributed by atoms with Crippen molar-refractivity contribution < 1.29 is 9.31 Å². The van der Waals surface area contributed by atoms with Gasteiger partial charge in [0.2, 0.25) is 0 Å². The highest BCUT2D eigenvalue weighted by Gasteiger charge is 2.52. The molecule has 0 saturated carbocycles. The number of hydrogen-bond donors (Lipinski definition) is 2. The smallest absolute Gasteiger partial charge is 0.399 e. The summed E-state index contributed by atoms with van der Waals surface area (Å²) < 4.78 is 12.1. The maximum atomic E-state index is 7.99. The number of nitrogens with one attached hydrogen (secondary N) is 2. The molecule has 0 unspecified atom stereocenters. The molecule has 4 nitrogen and oxygen atoms in total. The third-order valence-corrected chi connectivity index (χ3v) is 4.35. The highest BCUT2D eigenvalue weighted by atomic mass is 16.7. The van der Waals surface area contributed by atoms with Gasteiger partial charge in [-0.1, -0.05) is 12.2 Å². The van der Waals surface area contributed by atoms with Crippen LogP contribution in [0.5, 0.6) is 0 Å². The van der Waals surface area contributed by atoms with Gasteiger partial charge in [-0.15, -0.1) is 0 Å². The minimum absolute atomic E-state index is 0.348. The van der Waals surface area contributed by atoms with E-state index >= 15 is 0 Å². The Morgan fingerprint density at radius 3 is 2.20 bits per heavy atom. The molecule has 0 aromatic heterocycles. The third-order valence-electron chi connectivity index (χ3n) is 4.35. The van der Waals surface area contributed by atoms with Gasteiger partial charge in [0.1, 0.15) is 0 Å². The first kappa shape index (κ1) is 15.1. The Bertz CT molecular complexity index is 514. The summed E-state index contributed by atoms with van der Waals surface area (Å²) in [5, 5.41) is 11.1. The van der Waals surface area contributed by atoms with Crippen molar-refractivity contribution in [3.05, 3.63) is 35.0 Å². The van der Waals surface area contributed by atoms with E-state index in [1.165, 1.54) is 0 Å². The first-order valence-corrected chi connectivity index (χ1v) is 6.91. The molecule has 1 heterocycles. The van der Waals surface area contributed by atoms with Crippen LogP contribution in [0.15, 0.2) is 35.0 Å². The molecule has 0 amide bonds. The van der Waals surface area contributed by atoms with E-state index < -0.39 is 0 Å². The van der Waals surface area contributed by atoms with Crippen molar-refractivity contribution in [2.24, 2.45) is 0 Å². The molecule has 2 rings (SSSR count). The minimum atomic E-state index is -0.385. The van der Waals surface area contributed by atoms with Gasteiger partial charge >= 0.3 is 7.12 Å². The van der Waals surface area contributed by atoms with E-state index in [1.807, 2.05) is 53.8 Å². The van der Waals surface area contributed by atoms with Gasteiger partial charge in [0.05, 0.1) is 16.9 Å². The Hall–Kier alpha value is -1.33. The van der Waals surface area contributed by atoms with E-state index in [4.69, 9.17) is 14.7 Å². The van der Waals surface area contributed by atoms with Crippen LogP contribution in [0.3, 0.4) is 0 Å². The maximum absolute atomic E-state index is 7.99. The van der Waals surface area contributed by atoms with Gasteiger partial charge in [0.25, 0.3) is 0 Å². The number of allylic oxidation sites excluding steroid dienone is 6. The van der Waals surface area contributed by atoms with E-state index in [1.54, 1.807) is 6.08 Å². The fraction of sp³-hybridized carbons (Fsp3) is 0.533. The Morgan fingerprint density at radius 1 is 1.15 bits per heavy atom. The van der Waals surface area contributed by atoms with Crippen molar-refractivity contribution in [2.45, 2.75) is 45.8 Å². The number of rotatable bonds is 2. The second-order valence-electron chi connectivity index (χ2n) is 6.27. The molecule has 0 aromatic carbocycles. The third kappa shape index (κ3) is 2.48. The predicted octanol–water partition coefficient (Wildman–Crippen LogP) is 2.63. The summed E-state index contributed by atoms with van der Waals surface area (Å²) in [5.74, 6) is 0. The van der Waals surface area contributed by atoms with Crippen LogP contribution < -0.4 is 5.32 Å². The maximum Gasteiger partial charge on any atom is 0.494 e. The van der Waals surface area contributed by atoms with Crippen LogP contribution in [-0.4, -0.2) is 31.1 Å². The van der Waals surface area contributed by atoms with Crippen LogP contribution in [0, 0.1) is 5.41 Å². The Morgan fingerprint density at radius 2 is 1.70 bits per heavy atom. The van der Waals surface area contributed by atoms with E-state index in [9.17, 15) is 0 Å². The second-order valence-corrected chi connectivity index (χ2v) is 6.27. The molecular weight excluding hydrogens is 251 g/mol. The van der Waals surface area contributed by atoms with Gasteiger partial charge in [0.15, 0.2) is 0 Å². The zero-order chi connectivity index (χ0) is 15.1. The monoisotopic (exact) mass is 274 g/mol. The lowest BCUT2D eigenvalue weighted by atomic mass is 9.74. The lowest BCUT2D eigenvalue weighted by Crippen LogP contribution is -2.41. The van der Waals surface area contributed by atoms with Crippen LogP contribution >= 0.6 is 0 Å². The average molecular weight is 274 g/mol. The fourth-order valence-corrected chi connectivity index (χ4v) is 2.13. The molecule has 0 aromatic rings. The molecule has 1 fully saturated rings. The quantitative estimate of drug-likeness (QED) is 0.761. The first-order chi connectivity index (χ1) is 9.18. The molecule has 0 radical (unpaired) electrons. The summed E-state index contributed by atoms with van der Waals surface area (Å²) in [6.07, 6.45) is 5.66. The standard InChI is InChI=1S/C15H23BN2O2/c1-10(18-6)12-9-11(7-8-13(12)17)16-19-14(2,3)15(4,5)20-16/h7-9,17-18H,1-6H3/b12-10-,17-13?. The lowest BCUT2D eigenvalue weighted by molar-refractivity contribution is 0.00578. The Kier molecular flexibility index (Phi) is 3.69. The summed E-state index contributed by atoms with van der Waals surface area (Å²) in [6.45, 7) is 10.1. The van der Waals surface area contributed by atoms with Crippen LogP contribution in [-0.2, 0) is 9.31 Å². The molecule has 1 saturated heterocycles. The van der Waals surface area contributed by atoms with E-state index in [0.717, 1.165) is 16.7 Å².